The normalized spacial score (nSPS) is 15.2. The number of nitrogens with zero attached hydrogens (tertiary/aromatic N) is 2. The first-order valence-corrected chi connectivity index (χ1v) is 8.46. The van der Waals surface area contributed by atoms with Crippen molar-refractivity contribution in [3.8, 4) is 6.07 Å². The minimum Gasteiger partial charge on any atom is -0.378 e. The summed E-state index contributed by atoms with van der Waals surface area (Å²) in [6.45, 7) is 2.60. The zero-order valence-corrected chi connectivity index (χ0v) is 14.6. The monoisotopic (exact) mass is 386 g/mol. The number of anilines is 1. The zero-order chi connectivity index (χ0) is 16.9. The Morgan fingerprint density at radius 3 is 2.67 bits per heavy atom. The van der Waals surface area contributed by atoms with E-state index in [0.717, 1.165) is 10.0 Å². The maximum atomic E-state index is 14.5. The summed E-state index contributed by atoms with van der Waals surface area (Å²) in [5.74, 6) is -0.280. The molecule has 0 unspecified atom stereocenters. The Hall–Kier alpha value is -2.16. The highest BCUT2D eigenvalue weighted by Gasteiger charge is 2.15. The first kappa shape index (κ1) is 16.7. The van der Waals surface area contributed by atoms with E-state index < -0.39 is 0 Å². The molecule has 0 aromatic heterocycles. The molecule has 1 aliphatic rings. The Labute approximate surface area is 149 Å². The Morgan fingerprint density at radius 1 is 1.21 bits per heavy atom. The molecule has 0 amide bonds. The van der Waals surface area contributed by atoms with E-state index in [4.69, 9.17) is 4.74 Å². The molecule has 5 heteroatoms. The fourth-order valence-electron chi connectivity index (χ4n) is 2.68. The molecule has 2 aromatic rings. The lowest BCUT2D eigenvalue weighted by Crippen LogP contribution is -2.36. The van der Waals surface area contributed by atoms with Crippen LogP contribution in [0.2, 0.25) is 0 Å². The molecule has 0 spiro atoms. The lowest BCUT2D eigenvalue weighted by molar-refractivity contribution is 0.122. The number of nitriles is 1. The predicted molar refractivity (Wildman–Crippen MR) is 97.1 cm³/mol. The lowest BCUT2D eigenvalue weighted by atomic mass is 10.0. The van der Waals surface area contributed by atoms with Gasteiger partial charge in [0.25, 0.3) is 0 Å². The summed E-state index contributed by atoms with van der Waals surface area (Å²) in [4.78, 5) is 1.98. The number of morpholine rings is 1. The van der Waals surface area contributed by atoms with Gasteiger partial charge in [0, 0.05) is 17.6 Å². The highest BCUT2D eigenvalue weighted by atomic mass is 79.9. The molecule has 2 aromatic carbocycles. The third kappa shape index (κ3) is 3.84. The molecule has 24 heavy (non-hydrogen) atoms. The molecule has 1 aliphatic heterocycles. The van der Waals surface area contributed by atoms with Gasteiger partial charge in [-0.25, -0.2) is 4.39 Å². The molecule has 0 N–H and O–H groups in total. The maximum Gasteiger partial charge on any atom is 0.147 e. The molecule has 0 aliphatic carbocycles. The van der Waals surface area contributed by atoms with Crippen molar-refractivity contribution >= 4 is 33.3 Å². The fourth-order valence-corrected chi connectivity index (χ4v) is 3.08. The lowest BCUT2D eigenvalue weighted by Gasteiger charge is -2.29. The third-order valence-corrected chi connectivity index (χ3v) is 4.38. The average Bonchev–Trinajstić information content (AvgIpc) is 2.60. The number of rotatable bonds is 3. The maximum absolute atomic E-state index is 14.5. The van der Waals surface area contributed by atoms with Gasteiger partial charge >= 0.3 is 0 Å². The quantitative estimate of drug-likeness (QED) is 0.575. The summed E-state index contributed by atoms with van der Waals surface area (Å²) in [6, 6.07) is 14.8. The number of halogens is 2. The highest BCUT2D eigenvalue weighted by Crippen LogP contribution is 2.25. The number of hydrogen-bond donors (Lipinski definition) is 0. The van der Waals surface area contributed by atoms with E-state index in [2.05, 4.69) is 22.0 Å². The van der Waals surface area contributed by atoms with Gasteiger partial charge in [0.15, 0.2) is 0 Å². The van der Waals surface area contributed by atoms with Crippen LogP contribution in [0.15, 0.2) is 46.9 Å². The summed E-state index contributed by atoms with van der Waals surface area (Å²) in [7, 11) is 0. The van der Waals surface area contributed by atoms with Gasteiger partial charge in [-0.3, -0.25) is 0 Å². The fraction of sp³-hybridized carbons (Fsp3) is 0.211. The molecular formula is C19H16BrFN2O. The highest BCUT2D eigenvalue weighted by molar-refractivity contribution is 9.10. The Bertz CT molecular complexity index is 807. The molecule has 1 fully saturated rings. The summed E-state index contributed by atoms with van der Waals surface area (Å²) >= 11 is 3.40. The van der Waals surface area contributed by atoms with Crippen molar-refractivity contribution in [3.63, 3.8) is 0 Å². The van der Waals surface area contributed by atoms with Crippen LogP contribution in [-0.4, -0.2) is 26.3 Å². The topological polar surface area (TPSA) is 36.3 Å². The van der Waals surface area contributed by atoms with Gasteiger partial charge in [-0.2, -0.15) is 5.26 Å². The van der Waals surface area contributed by atoms with Crippen LogP contribution in [0.3, 0.4) is 0 Å². The molecule has 0 atom stereocenters. The minimum atomic E-state index is -0.280. The van der Waals surface area contributed by atoms with Crippen molar-refractivity contribution in [2.24, 2.45) is 0 Å². The van der Waals surface area contributed by atoms with Crippen LogP contribution in [0.25, 0.3) is 11.6 Å². The molecule has 0 radical (unpaired) electrons. The Kier molecular flexibility index (Phi) is 5.29. The first-order valence-electron chi connectivity index (χ1n) is 7.67. The van der Waals surface area contributed by atoms with Gasteiger partial charge in [0.05, 0.1) is 30.5 Å². The molecule has 3 nitrogen and oxygen atoms in total. The predicted octanol–water partition coefficient (Wildman–Crippen LogP) is 4.49. The SMILES string of the molecule is N#C/C(=C/c1ccc(N2CCOCC2)c(F)c1)c1cccc(Br)c1. The Morgan fingerprint density at radius 2 is 2.00 bits per heavy atom. The van der Waals surface area contributed by atoms with Gasteiger partial charge < -0.3 is 9.64 Å². The van der Waals surface area contributed by atoms with Crippen LogP contribution < -0.4 is 4.90 Å². The molecule has 1 heterocycles. The first-order chi connectivity index (χ1) is 11.7. The smallest absolute Gasteiger partial charge is 0.147 e. The standard InChI is InChI=1S/C19H16BrFN2O/c20-17-3-1-2-15(12-17)16(13-22)10-14-4-5-19(18(21)11-14)23-6-8-24-9-7-23/h1-5,10-12H,6-9H2/b16-10-. The number of benzene rings is 2. The van der Waals surface area contributed by atoms with E-state index in [9.17, 15) is 9.65 Å². The van der Waals surface area contributed by atoms with Crippen LogP contribution in [0, 0.1) is 17.1 Å². The number of hydrogen-bond acceptors (Lipinski definition) is 3. The largest absolute Gasteiger partial charge is 0.378 e. The van der Waals surface area contributed by atoms with Gasteiger partial charge in [-0.15, -0.1) is 0 Å². The molecule has 1 saturated heterocycles. The van der Waals surface area contributed by atoms with Crippen molar-refractivity contribution in [3.05, 3.63) is 63.9 Å². The second kappa shape index (κ2) is 7.61. The zero-order valence-electron chi connectivity index (χ0n) is 13.0. The van der Waals surface area contributed by atoms with Crippen molar-refractivity contribution < 1.29 is 9.13 Å². The molecule has 3 rings (SSSR count). The van der Waals surface area contributed by atoms with Crippen molar-refractivity contribution in [1.29, 1.82) is 5.26 Å². The van der Waals surface area contributed by atoms with E-state index in [-0.39, 0.29) is 5.82 Å². The van der Waals surface area contributed by atoms with Crippen molar-refractivity contribution in [1.82, 2.24) is 0 Å². The van der Waals surface area contributed by atoms with E-state index >= 15 is 0 Å². The summed E-state index contributed by atoms with van der Waals surface area (Å²) < 4.78 is 20.6. The van der Waals surface area contributed by atoms with Crippen LogP contribution in [-0.2, 0) is 4.74 Å². The average molecular weight is 387 g/mol. The number of ether oxygens (including phenoxy) is 1. The van der Waals surface area contributed by atoms with Gasteiger partial charge in [0.2, 0.25) is 0 Å². The van der Waals surface area contributed by atoms with Crippen LogP contribution in [0.4, 0.5) is 10.1 Å². The van der Waals surface area contributed by atoms with Gasteiger partial charge in [0.1, 0.15) is 5.82 Å². The van der Waals surface area contributed by atoms with Crippen molar-refractivity contribution in [2.75, 3.05) is 31.2 Å². The summed E-state index contributed by atoms with van der Waals surface area (Å²) in [6.07, 6.45) is 1.70. The summed E-state index contributed by atoms with van der Waals surface area (Å²) in [5.41, 5.74) is 2.54. The molecule has 122 valence electrons. The molecule has 0 bridgehead atoms. The van der Waals surface area contributed by atoms with E-state index in [1.807, 2.05) is 35.2 Å². The molecular weight excluding hydrogens is 371 g/mol. The second-order valence-corrected chi connectivity index (χ2v) is 6.41. The number of allylic oxidation sites excluding steroid dienone is 1. The molecule has 0 saturated carbocycles. The van der Waals surface area contributed by atoms with Crippen LogP contribution in [0.1, 0.15) is 11.1 Å². The van der Waals surface area contributed by atoms with Gasteiger partial charge in [-0.1, -0.05) is 34.1 Å². The van der Waals surface area contributed by atoms with E-state index in [0.29, 0.717) is 43.1 Å². The van der Waals surface area contributed by atoms with E-state index in [1.165, 1.54) is 6.07 Å². The van der Waals surface area contributed by atoms with Crippen molar-refractivity contribution in [2.45, 2.75) is 0 Å². The third-order valence-electron chi connectivity index (χ3n) is 3.89. The summed E-state index contributed by atoms with van der Waals surface area (Å²) in [5, 5.41) is 9.41. The minimum absolute atomic E-state index is 0.280. The Balaban J connectivity index is 1.89. The second-order valence-electron chi connectivity index (χ2n) is 5.49. The van der Waals surface area contributed by atoms with Gasteiger partial charge in [-0.05, 0) is 41.5 Å². The van der Waals surface area contributed by atoms with Crippen LogP contribution >= 0.6 is 15.9 Å². The van der Waals surface area contributed by atoms with Crippen LogP contribution in [0.5, 0.6) is 0 Å². The van der Waals surface area contributed by atoms with E-state index in [1.54, 1.807) is 12.1 Å².